The fourth-order valence-corrected chi connectivity index (χ4v) is 9.08. The number of nitrogens with zero attached hydrogens (tertiary/aromatic N) is 3. The molecule has 8 heteroatoms. The number of rotatable bonds is 8. The summed E-state index contributed by atoms with van der Waals surface area (Å²) in [4.78, 5) is 17.5. The van der Waals surface area contributed by atoms with Crippen molar-refractivity contribution in [1.29, 1.82) is 0 Å². The van der Waals surface area contributed by atoms with E-state index in [2.05, 4.69) is 52.0 Å². The first-order valence-electron chi connectivity index (χ1n) is 17.9. The smallest absolute Gasteiger partial charge is 0.146 e. The third kappa shape index (κ3) is 8.62. The highest BCUT2D eigenvalue weighted by molar-refractivity contribution is 7.87. The monoisotopic (exact) mass is 617 g/mol. The number of piperidine rings is 2. The van der Waals surface area contributed by atoms with Crippen LogP contribution >= 0.6 is 0 Å². The Bertz CT molecular complexity index is 937. The maximum absolute atomic E-state index is 12.5. The summed E-state index contributed by atoms with van der Waals surface area (Å²) in [6.45, 7) is 12.6. The number of carbonyl (C=O) groups excluding carboxylic acids is 1. The minimum Gasteiger partial charge on any atom is -0.362 e. The zero-order valence-corrected chi connectivity index (χ0v) is 28.9. The van der Waals surface area contributed by atoms with Gasteiger partial charge in [-0.15, -0.1) is 0 Å². The van der Waals surface area contributed by atoms with Gasteiger partial charge >= 0.3 is 0 Å². The molecule has 3 saturated carbocycles. The third-order valence-corrected chi connectivity index (χ3v) is 11.8. The van der Waals surface area contributed by atoms with Crippen molar-refractivity contribution in [2.75, 3.05) is 32.9 Å². The fourth-order valence-electron chi connectivity index (χ4n) is 9.08. The molecule has 7 unspecified atom stereocenters. The van der Waals surface area contributed by atoms with Crippen molar-refractivity contribution in [3.8, 4) is 0 Å². The van der Waals surface area contributed by atoms with Gasteiger partial charge in [0, 0.05) is 66.1 Å². The number of nitrogens with one attached hydrogen (secondary N) is 2. The summed E-state index contributed by atoms with van der Waals surface area (Å²) >= 11 is 0. The van der Waals surface area contributed by atoms with E-state index in [1.807, 2.05) is 13.8 Å². The van der Waals surface area contributed by atoms with E-state index in [4.69, 9.17) is 0 Å². The summed E-state index contributed by atoms with van der Waals surface area (Å²) in [6, 6.07) is 2.48. The Labute approximate surface area is 266 Å². The molecule has 0 bridgehead atoms. The predicted octanol–water partition coefficient (Wildman–Crippen LogP) is 5.69. The van der Waals surface area contributed by atoms with Crippen molar-refractivity contribution < 1.29 is 9.00 Å². The van der Waals surface area contributed by atoms with Crippen LogP contribution in [0.5, 0.6) is 0 Å². The van der Waals surface area contributed by atoms with Gasteiger partial charge in [-0.05, 0) is 108 Å². The molecule has 0 aromatic heterocycles. The van der Waals surface area contributed by atoms with E-state index in [0.29, 0.717) is 36.1 Å². The molecule has 0 radical (unpaired) electrons. The van der Waals surface area contributed by atoms with Crippen LogP contribution in [-0.2, 0) is 15.6 Å². The van der Waals surface area contributed by atoms with E-state index in [1.54, 1.807) is 6.26 Å². The molecule has 3 saturated heterocycles. The number of likely N-dealkylation sites (tertiary alicyclic amines) is 1. The van der Waals surface area contributed by atoms with Gasteiger partial charge in [-0.25, -0.2) is 9.80 Å². The maximum Gasteiger partial charge on any atom is 0.146 e. The van der Waals surface area contributed by atoms with Gasteiger partial charge in [-0.2, -0.15) is 0 Å². The average Bonchev–Trinajstić information content (AvgIpc) is 3.86. The Balaban J connectivity index is 0.000000551. The largest absolute Gasteiger partial charge is 0.362 e. The van der Waals surface area contributed by atoms with Crippen LogP contribution in [0.2, 0.25) is 0 Å². The zero-order valence-electron chi connectivity index (χ0n) is 28.1. The summed E-state index contributed by atoms with van der Waals surface area (Å²) in [5.74, 6) is 5.58. The molecule has 3 aliphatic heterocycles. The van der Waals surface area contributed by atoms with Gasteiger partial charge in [-0.1, -0.05) is 40.2 Å². The van der Waals surface area contributed by atoms with E-state index in [1.165, 1.54) is 82.5 Å². The molecule has 6 rings (SSSR count). The van der Waals surface area contributed by atoms with Gasteiger partial charge in [0.05, 0.1) is 6.17 Å². The molecular weight excluding hydrogens is 554 g/mol. The Morgan fingerprint density at radius 3 is 2.19 bits per heavy atom. The lowest BCUT2D eigenvalue weighted by atomic mass is 9.77. The molecule has 0 aromatic carbocycles. The van der Waals surface area contributed by atoms with Crippen LogP contribution in [-0.4, -0.2) is 88.2 Å². The molecule has 2 N–H and O–H groups in total. The summed E-state index contributed by atoms with van der Waals surface area (Å²) in [7, 11) is 1.42. The standard InChI is InChI=1S/C30H51N5O.C3H6OS.C2H6/c1-3-17-33(2)29-15-12-23(19-31-29)28(20-36)34-18-16-27-30-25(6-4-5-7-26(30)34)32-35(27)24-13-10-22(11-14-24)21-8-9-21;1-3-5(2)4;1-2/h21-27,29-32H,3-19H2,1-2H3;3H,1H2,2H3;1-2H3. The highest BCUT2D eigenvalue weighted by atomic mass is 32.2. The highest BCUT2D eigenvalue weighted by Gasteiger charge is 2.53. The Morgan fingerprint density at radius 2 is 1.63 bits per heavy atom. The summed E-state index contributed by atoms with van der Waals surface area (Å²) < 4.78 is 9.81. The summed E-state index contributed by atoms with van der Waals surface area (Å²) in [5.41, 5.74) is 5.09. The number of hydrogen-bond donors (Lipinski definition) is 2. The summed E-state index contributed by atoms with van der Waals surface area (Å²) in [6.07, 6.45) is 20.5. The van der Waals surface area contributed by atoms with Crippen LogP contribution in [0.25, 0.3) is 0 Å². The molecule has 246 valence electrons. The minimum absolute atomic E-state index is 0.315. The van der Waals surface area contributed by atoms with Crippen molar-refractivity contribution in [2.45, 2.75) is 141 Å². The fraction of sp³-hybridized carbons (Fsp3) is 0.886. The lowest BCUT2D eigenvalue weighted by molar-refractivity contribution is 0.0184. The average molecular weight is 618 g/mol. The van der Waals surface area contributed by atoms with Crippen LogP contribution in [0.3, 0.4) is 0 Å². The Kier molecular flexibility index (Phi) is 13.8. The van der Waals surface area contributed by atoms with Gasteiger partial charge in [0.25, 0.3) is 0 Å². The van der Waals surface area contributed by atoms with Crippen LogP contribution in [0.4, 0.5) is 0 Å². The van der Waals surface area contributed by atoms with Crippen LogP contribution in [0, 0.1) is 23.7 Å². The second kappa shape index (κ2) is 17.1. The first-order chi connectivity index (χ1) is 20.9. The molecule has 7 nitrogen and oxygen atoms in total. The Morgan fingerprint density at radius 1 is 0.977 bits per heavy atom. The third-order valence-electron chi connectivity index (χ3n) is 11.3. The van der Waals surface area contributed by atoms with Crippen molar-refractivity contribution in [3.05, 3.63) is 17.7 Å². The van der Waals surface area contributed by atoms with Crippen LogP contribution in [0.15, 0.2) is 17.7 Å². The van der Waals surface area contributed by atoms with Gasteiger partial charge in [-0.3, -0.25) is 14.5 Å². The topological polar surface area (TPSA) is 67.9 Å². The van der Waals surface area contributed by atoms with Crippen molar-refractivity contribution in [1.82, 2.24) is 25.6 Å². The predicted molar refractivity (Wildman–Crippen MR) is 180 cm³/mol. The number of hydrazine groups is 1. The zero-order chi connectivity index (χ0) is 30.9. The molecule has 0 aromatic rings. The lowest BCUT2D eigenvalue weighted by Gasteiger charge is -2.49. The molecule has 3 aliphatic carbocycles. The summed E-state index contributed by atoms with van der Waals surface area (Å²) in [5, 5.41) is 7.93. The van der Waals surface area contributed by atoms with E-state index in [0.717, 1.165) is 56.1 Å². The molecule has 43 heavy (non-hydrogen) atoms. The molecular formula is C35H63N5O2S. The van der Waals surface area contributed by atoms with Gasteiger partial charge in [0.1, 0.15) is 11.6 Å². The van der Waals surface area contributed by atoms with E-state index in [9.17, 15) is 9.00 Å². The van der Waals surface area contributed by atoms with E-state index >= 15 is 0 Å². The van der Waals surface area contributed by atoms with Crippen LogP contribution in [0.1, 0.15) is 111 Å². The molecule has 7 atom stereocenters. The van der Waals surface area contributed by atoms with Gasteiger partial charge in [0.15, 0.2) is 0 Å². The Hall–Kier alpha value is -1.02. The second-order valence-corrected chi connectivity index (χ2v) is 15.2. The van der Waals surface area contributed by atoms with Crippen molar-refractivity contribution in [3.63, 3.8) is 0 Å². The minimum atomic E-state index is -0.809. The normalized spacial score (nSPS) is 36.6. The van der Waals surface area contributed by atoms with Crippen molar-refractivity contribution in [2.24, 2.45) is 23.7 Å². The lowest BCUT2D eigenvalue weighted by Crippen LogP contribution is -2.57. The van der Waals surface area contributed by atoms with E-state index in [-0.39, 0.29) is 0 Å². The number of hydrogen-bond acceptors (Lipinski definition) is 7. The van der Waals surface area contributed by atoms with E-state index < -0.39 is 10.8 Å². The first-order valence-corrected chi connectivity index (χ1v) is 19.5. The molecule has 6 fully saturated rings. The van der Waals surface area contributed by atoms with Crippen molar-refractivity contribution >= 4 is 16.7 Å². The molecule has 0 spiro atoms. The van der Waals surface area contributed by atoms with Crippen LogP contribution < -0.4 is 10.7 Å². The maximum atomic E-state index is 12.5. The SMILES string of the molecule is C=CS(C)=O.CC.CCCN(C)C1CCC(C(=C=O)N2CCC3C4C(CCCCC42)NN3C2CCC(C3CC3)CC2)CN1. The highest BCUT2D eigenvalue weighted by Crippen LogP contribution is 2.48. The second-order valence-electron chi connectivity index (χ2n) is 13.9. The molecule has 0 amide bonds. The first kappa shape index (κ1) is 34.8. The van der Waals surface area contributed by atoms with Gasteiger partial charge in [0.2, 0.25) is 0 Å². The molecule has 3 heterocycles. The van der Waals surface area contributed by atoms with Gasteiger partial charge < -0.3 is 10.2 Å². The quantitative estimate of drug-likeness (QED) is 0.339. The molecule has 6 aliphatic rings.